The summed E-state index contributed by atoms with van der Waals surface area (Å²) >= 11 is 0. The third-order valence-corrected chi connectivity index (χ3v) is 4.43. The van der Waals surface area contributed by atoms with Crippen LogP contribution in [0.2, 0.25) is 0 Å². The van der Waals surface area contributed by atoms with E-state index in [0.717, 1.165) is 11.1 Å². The number of aliphatic hydroxyl groups is 3. The van der Waals surface area contributed by atoms with Gasteiger partial charge in [-0.15, -0.1) is 0 Å². The maximum absolute atomic E-state index is 10.6. The van der Waals surface area contributed by atoms with Crippen molar-refractivity contribution in [2.24, 2.45) is 0 Å². The van der Waals surface area contributed by atoms with Crippen LogP contribution in [0.3, 0.4) is 0 Å². The molecule has 0 radical (unpaired) electrons. The minimum absolute atomic E-state index is 0.223. The molecule has 26 heavy (non-hydrogen) atoms. The van der Waals surface area contributed by atoms with Crippen LogP contribution in [0.15, 0.2) is 60.7 Å². The molecule has 0 amide bonds. The standard InChI is InChI=1S/C20H24O6/c21-11-17-18(24-12-15-7-3-1-4-8-15)19(20(23,14-22)26-17)25-13-16-9-5-2-6-10-16/h1-10,17-19,21-23H,11-14H2/t17-,18-,19+,20-/m1/s1. The smallest absolute Gasteiger partial charge is 0.219 e. The second-order valence-electron chi connectivity index (χ2n) is 6.32. The van der Waals surface area contributed by atoms with E-state index < -0.39 is 30.7 Å². The van der Waals surface area contributed by atoms with Gasteiger partial charge in [-0.2, -0.15) is 0 Å². The highest BCUT2D eigenvalue weighted by atomic mass is 16.7. The molecule has 6 heteroatoms. The van der Waals surface area contributed by atoms with Crippen molar-refractivity contribution >= 4 is 0 Å². The van der Waals surface area contributed by atoms with E-state index in [9.17, 15) is 15.3 Å². The van der Waals surface area contributed by atoms with Crippen molar-refractivity contribution < 1.29 is 29.5 Å². The van der Waals surface area contributed by atoms with E-state index in [0.29, 0.717) is 0 Å². The average Bonchev–Trinajstić information content (AvgIpc) is 2.98. The second-order valence-corrected chi connectivity index (χ2v) is 6.32. The molecule has 0 aromatic heterocycles. The fourth-order valence-corrected chi connectivity index (χ4v) is 3.06. The number of aliphatic hydroxyl groups excluding tert-OH is 2. The molecule has 1 saturated heterocycles. The highest BCUT2D eigenvalue weighted by molar-refractivity contribution is 5.15. The Kier molecular flexibility index (Phi) is 6.37. The molecule has 1 fully saturated rings. The maximum atomic E-state index is 10.6. The molecule has 2 aromatic carbocycles. The third kappa shape index (κ3) is 4.29. The predicted octanol–water partition coefficient (Wildman–Crippen LogP) is 1.23. The molecule has 0 unspecified atom stereocenters. The molecule has 1 heterocycles. The van der Waals surface area contributed by atoms with Crippen molar-refractivity contribution in [1.29, 1.82) is 0 Å². The first-order valence-electron chi connectivity index (χ1n) is 8.59. The number of rotatable bonds is 8. The Hall–Kier alpha value is -1.80. The first-order chi connectivity index (χ1) is 12.7. The Morgan fingerprint density at radius 3 is 1.88 bits per heavy atom. The predicted molar refractivity (Wildman–Crippen MR) is 94.0 cm³/mol. The molecule has 0 spiro atoms. The van der Waals surface area contributed by atoms with Gasteiger partial charge in [0.25, 0.3) is 0 Å². The van der Waals surface area contributed by atoms with E-state index in [4.69, 9.17) is 14.2 Å². The molecule has 0 bridgehead atoms. The molecule has 140 valence electrons. The zero-order valence-corrected chi connectivity index (χ0v) is 14.4. The summed E-state index contributed by atoms with van der Waals surface area (Å²) in [5, 5.41) is 29.8. The fraction of sp³-hybridized carbons (Fsp3) is 0.400. The summed E-state index contributed by atoms with van der Waals surface area (Å²) in [6.45, 7) is -0.514. The lowest BCUT2D eigenvalue weighted by molar-refractivity contribution is -0.258. The highest BCUT2D eigenvalue weighted by Crippen LogP contribution is 2.34. The minimum atomic E-state index is -1.93. The lowest BCUT2D eigenvalue weighted by Crippen LogP contribution is -2.48. The summed E-state index contributed by atoms with van der Waals surface area (Å²) in [5.74, 6) is -1.93. The summed E-state index contributed by atoms with van der Waals surface area (Å²) in [6, 6.07) is 19.0. The van der Waals surface area contributed by atoms with Crippen LogP contribution < -0.4 is 0 Å². The van der Waals surface area contributed by atoms with Gasteiger partial charge in [0.05, 0.1) is 26.4 Å². The zero-order valence-electron chi connectivity index (χ0n) is 14.4. The average molecular weight is 360 g/mol. The lowest BCUT2D eigenvalue weighted by Gasteiger charge is -2.29. The molecule has 1 aliphatic heterocycles. The quantitative estimate of drug-likeness (QED) is 0.656. The Morgan fingerprint density at radius 1 is 0.846 bits per heavy atom. The van der Waals surface area contributed by atoms with Crippen molar-refractivity contribution in [2.45, 2.75) is 37.3 Å². The van der Waals surface area contributed by atoms with E-state index in [-0.39, 0.29) is 19.8 Å². The van der Waals surface area contributed by atoms with Gasteiger partial charge in [0.1, 0.15) is 18.3 Å². The number of hydrogen-bond donors (Lipinski definition) is 3. The van der Waals surface area contributed by atoms with E-state index >= 15 is 0 Å². The van der Waals surface area contributed by atoms with E-state index in [1.54, 1.807) is 0 Å². The van der Waals surface area contributed by atoms with E-state index in [2.05, 4.69) is 0 Å². The van der Waals surface area contributed by atoms with E-state index in [1.807, 2.05) is 60.7 Å². The summed E-state index contributed by atoms with van der Waals surface area (Å²) in [5.41, 5.74) is 1.87. The van der Waals surface area contributed by atoms with Crippen LogP contribution in [0.1, 0.15) is 11.1 Å². The van der Waals surface area contributed by atoms with Gasteiger partial charge in [-0.3, -0.25) is 0 Å². The van der Waals surface area contributed by atoms with Gasteiger partial charge in [0.2, 0.25) is 5.79 Å². The van der Waals surface area contributed by atoms with Crippen LogP contribution in [0, 0.1) is 0 Å². The first-order valence-corrected chi connectivity index (χ1v) is 8.59. The van der Waals surface area contributed by atoms with Gasteiger partial charge >= 0.3 is 0 Å². The fourth-order valence-electron chi connectivity index (χ4n) is 3.06. The molecule has 2 aromatic rings. The SMILES string of the molecule is OC[C@H]1O[C@](O)(CO)[C@@H](OCc2ccccc2)[C@@H]1OCc1ccccc1. The Labute approximate surface area is 152 Å². The normalized spacial score (nSPS) is 28.3. The molecule has 0 saturated carbocycles. The summed E-state index contributed by atoms with van der Waals surface area (Å²) in [4.78, 5) is 0. The van der Waals surface area contributed by atoms with Crippen molar-refractivity contribution in [3.8, 4) is 0 Å². The Balaban J connectivity index is 1.73. The van der Waals surface area contributed by atoms with Crippen LogP contribution >= 0.6 is 0 Å². The molecule has 6 nitrogen and oxygen atoms in total. The highest BCUT2D eigenvalue weighted by Gasteiger charge is 2.55. The molecule has 4 atom stereocenters. The van der Waals surface area contributed by atoms with Crippen LogP contribution in [0.4, 0.5) is 0 Å². The first kappa shape index (κ1) is 19.0. The Morgan fingerprint density at radius 2 is 1.38 bits per heavy atom. The van der Waals surface area contributed by atoms with Crippen LogP contribution in [-0.2, 0) is 27.4 Å². The van der Waals surface area contributed by atoms with E-state index in [1.165, 1.54) is 0 Å². The largest absolute Gasteiger partial charge is 0.394 e. The molecular formula is C20H24O6. The third-order valence-electron chi connectivity index (χ3n) is 4.43. The lowest BCUT2D eigenvalue weighted by atomic mass is 10.0. The van der Waals surface area contributed by atoms with Gasteiger partial charge in [-0.25, -0.2) is 0 Å². The minimum Gasteiger partial charge on any atom is -0.394 e. The van der Waals surface area contributed by atoms with Gasteiger partial charge < -0.3 is 29.5 Å². The molecule has 3 rings (SSSR count). The van der Waals surface area contributed by atoms with Crippen molar-refractivity contribution in [2.75, 3.05) is 13.2 Å². The molecule has 1 aliphatic rings. The second kappa shape index (κ2) is 8.73. The van der Waals surface area contributed by atoms with Gasteiger partial charge in [-0.1, -0.05) is 60.7 Å². The van der Waals surface area contributed by atoms with Crippen molar-refractivity contribution in [3.63, 3.8) is 0 Å². The molecular weight excluding hydrogens is 336 g/mol. The molecule has 0 aliphatic carbocycles. The monoisotopic (exact) mass is 360 g/mol. The summed E-state index contributed by atoms with van der Waals surface area (Å²) < 4.78 is 17.2. The van der Waals surface area contributed by atoms with Gasteiger partial charge in [0, 0.05) is 0 Å². The zero-order chi connectivity index (χ0) is 18.4. The number of hydrogen-bond acceptors (Lipinski definition) is 6. The summed E-state index contributed by atoms with van der Waals surface area (Å²) in [7, 11) is 0. The van der Waals surface area contributed by atoms with Crippen LogP contribution in [0.5, 0.6) is 0 Å². The van der Waals surface area contributed by atoms with Crippen molar-refractivity contribution in [3.05, 3.63) is 71.8 Å². The van der Waals surface area contributed by atoms with Crippen LogP contribution in [-0.4, -0.2) is 52.6 Å². The van der Waals surface area contributed by atoms with Crippen LogP contribution in [0.25, 0.3) is 0 Å². The summed E-state index contributed by atoms with van der Waals surface area (Å²) in [6.07, 6.45) is -2.45. The Bertz CT molecular complexity index is 665. The van der Waals surface area contributed by atoms with Gasteiger partial charge in [0.15, 0.2) is 0 Å². The number of ether oxygens (including phenoxy) is 3. The molecule has 3 N–H and O–H groups in total. The topological polar surface area (TPSA) is 88.4 Å². The number of benzene rings is 2. The maximum Gasteiger partial charge on any atom is 0.219 e. The van der Waals surface area contributed by atoms with Gasteiger partial charge in [-0.05, 0) is 11.1 Å². The van der Waals surface area contributed by atoms with Crippen molar-refractivity contribution in [1.82, 2.24) is 0 Å².